The molecule has 0 fully saturated rings. The van der Waals surface area contributed by atoms with E-state index in [4.69, 9.17) is 5.73 Å². The fourth-order valence-corrected chi connectivity index (χ4v) is 1.38. The highest BCUT2D eigenvalue weighted by molar-refractivity contribution is 7.48. The Morgan fingerprint density at radius 1 is 1.36 bits per heavy atom. The van der Waals surface area contributed by atoms with E-state index in [9.17, 15) is 13.6 Å². The number of hydrogen-bond acceptors (Lipinski definition) is 5. The molecule has 2 N–H and O–H groups in total. The zero-order valence-corrected chi connectivity index (χ0v) is 8.71. The average Bonchev–Trinajstić information content (AvgIpc) is 2.18. The molecule has 0 aliphatic carbocycles. The summed E-state index contributed by atoms with van der Waals surface area (Å²) < 4.78 is 43.3. The third-order valence-electron chi connectivity index (χ3n) is 1.53. The minimum absolute atomic E-state index is 0.324. The molecule has 0 aliphatic rings. The molecule has 1 atom stereocenters. The second-order valence-electron chi connectivity index (χ2n) is 2.72. The molecule has 1 unspecified atom stereocenters. The smallest absolute Gasteiger partial charge is 0.306 e. The third kappa shape index (κ3) is 5.62. The van der Waals surface area contributed by atoms with Crippen molar-refractivity contribution in [3.05, 3.63) is 0 Å². The first-order valence-corrected chi connectivity index (χ1v) is 5.68. The summed E-state index contributed by atoms with van der Waals surface area (Å²) >= 11 is 0. The normalized spacial score (nSPS) is 14.3. The van der Waals surface area contributed by atoms with Crippen LogP contribution in [0.1, 0.15) is 32.6 Å². The van der Waals surface area contributed by atoms with Gasteiger partial charge in [0, 0.05) is 0 Å². The van der Waals surface area contributed by atoms with Gasteiger partial charge < -0.3 is 5.73 Å². The third-order valence-corrected chi connectivity index (χ3v) is 2.39. The topological polar surface area (TPSA) is 70.8 Å². The van der Waals surface area contributed by atoms with E-state index in [2.05, 4.69) is 14.0 Å². The van der Waals surface area contributed by atoms with Gasteiger partial charge in [-0.3, -0.25) is 4.52 Å². The molecule has 0 rings (SSSR count). The fraction of sp³-hybridized carbons (Fsp3) is 1.00. The number of hydrogen-bond donors (Lipinski definition) is 1. The summed E-state index contributed by atoms with van der Waals surface area (Å²) in [6, 6.07) is 0. The maximum absolute atomic E-state index is 11.5. The average molecular weight is 233 g/mol. The van der Waals surface area contributed by atoms with Crippen molar-refractivity contribution in [3.63, 3.8) is 0 Å². The van der Waals surface area contributed by atoms with Crippen molar-refractivity contribution in [2.75, 3.05) is 0 Å². The maximum atomic E-state index is 11.5. The molecule has 0 bridgehead atoms. The highest BCUT2D eigenvalue weighted by atomic mass is 31.2. The van der Waals surface area contributed by atoms with E-state index in [0.29, 0.717) is 12.8 Å². The van der Waals surface area contributed by atoms with Gasteiger partial charge in [0.15, 0.2) is 0 Å². The molecule has 0 aromatic carbocycles. The van der Waals surface area contributed by atoms with E-state index in [1.54, 1.807) is 0 Å². The Bertz CT molecular complexity index is 187. The summed E-state index contributed by atoms with van der Waals surface area (Å²) in [5.74, 6) is 0. The van der Waals surface area contributed by atoms with Gasteiger partial charge in [0.2, 0.25) is 0 Å². The maximum Gasteiger partial charge on any atom is 0.538 e. The zero-order valence-electron chi connectivity index (χ0n) is 7.82. The van der Waals surface area contributed by atoms with Gasteiger partial charge in [0.05, 0.1) is 0 Å². The van der Waals surface area contributed by atoms with Gasteiger partial charge in [-0.05, 0) is 21.9 Å². The molecule has 0 saturated heterocycles. The van der Waals surface area contributed by atoms with E-state index in [-0.39, 0.29) is 0 Å². The predicted octanol–water partition coefficient (Wildman–Crippen LogP) is 2.78. The standard InChI is InChI=1S/C6H14F2NO4P/c1-2-3-4-5-6(9)11-14(10,12-7)13-8/h6H,2-5,9H2,1H3. The van der Waals surface area contributed by atoms with Gasteiger partial charge in [0.1, 0.15) is 6.23 Å². The van der Waals surface area contributed by atoms with Crippen LogP contribution < -0.4 is 5.73 Å². The lowest BCUT2D eigenvalue weighted by molar-refractivity contribution is -0.125. The summed E-state index contributed by atoms with van der Waals surface area (Å²) in [5.41, 5.74) is 5.26. The summed E-state index contributed by atoms with van der Waals surface area (Å²) in [7, 11) is -4.74. The highest BCUT2D eigenvalue weighted by Gasteiger charge is 2.32. The number of halogens is 2. The van der Waals surface area contributed by atoms with Crippen LogP contribution in [0.5, 0.6) is 0 Å². The van der Waals surface area contributed by atoms with E-state index < -0.39 is 14.1 Å². The van der Waals surface area contributed by atoms with Gasteiger partial charge in [0.25, 0.3) is 0 Å². The number of nitrogens with two attached hydrogens (primary N) is 1. The molecule has 0 aromatic rings. The predicted molar refractivity (Wildman–Crippen MR) is 45.2 cm³/mol. The first-order chi connectivity index (χ1) is 6.58. The van der Waals surface area contributed by atoms with Crippen molar-refractivity contribution in [1.82, 2.24) is 0 Å². The number of unbranched alkanes of at least 4 members (excludes halogenated alkanes) is 2. The van der Waals surface area contributed by atoms with Crippen molar-refractivity contribution < 1.29 is 27.6 Å². The Morgan fingerprint density at radius 2 is 1.93 bits per heavy atom. The summed E-state index contributed by atoms with van der Waals surface area (Å²) in [6.07, 6.45) is 1.82. The van der Waals surface area contributed by atoms with Crippen LogP contribution in [0.3, 0.4) is 0 Å². The van der Waals surface area contributed by atoms with Crippen LogP contribution in [0.25, 0.3) is 0 Å². The zero-order chi connectivity index (χ0) is 11.0. The minimum Gasteiger partial charge on any atom is -0.306 e. The Labute approximate surface area is 80.9 Å². The Balaban J connectivity index is 3.79. The monoisotopic (exact) mass is 233 g/mol. The van der Waals surface area contributed by atoms with Crippen LogP contribution in [-0.4, -0.2) is 6.23 Å². The van der Waals surface area contributed by atoms with Crippen molar-refractivity contribution in [3.8, 4) is 0 Å². The highest BCUT2D eigenvalue weighted by Crippen LogP contribution is 2.51. The molecule has 5 nitrogen and oxygen atoms in total. The van der Waals surface area contributed by atoms with Crippen LogP contribution in [0, 0.1) is 0 Å². The van der Waals surface area contributed by atoms with E-state index in [0.717, 1.165) is 12.8 Å². The van der Waals surface area contributed by atoms with Crippen molar-refractivity contribution >= 4 is 7.82 Å². The van der Waals surface area contributed by atoms with Crippen LogP contribution in [0.2, 0.25) is 0 Å². The first-order valence-electron chi connectivity index (χ1n) is 4.22. The van der Waals surface area contributed by atoms with Gasteiger partial charge in [-0.1, -0.05) is 29.2 Å². The molecule has 86 valence electrons. The number of phosphoric acid groups is 1. The largest absolute Gasteiger partial charge is 0.538 e. The van der Waals surface area contributed by atoms with Gasteiger partial charge in [-0.2, -0.15) is 0 Å². The van der Waals surface area contributed by atoms with Crippen molar-refractivity contribution in [2.45, 2.75) is 38.8 Å². The van der Waals surface area contributed by atoms with Gasteiger partial charge in [-0.15, -0.1) is 0 Å². The molecule has 0 heterocycles. The van der Waals surface area contributed by atoms with Gasteiger partial charge in [-0.25, -0.2) is 4.57 Å². The first kappa shape index (κ1) is 13.9. The van der Waals surface area contributed by atoms with Crippen LogP contribution in [0.15, 0.2) is 0 Å². The molecule has 0 aromatic heterocycles. The van der Waals surface area contributed by atoms with E-state index in [1.165, 1.54) is 0 Å². The molecule has 0 amide bonds. The molecule has 0 aliphatic heterocycles. The van der Waals surface area contributed by atoms with Crippen molar-refractivity contribution in [1.29, 1.82) is 0 Å². The minimum atomic E-state index is -4.74. The van der Waals surface area contributed by atoms with Gasteiger partial charge >= 0.3 is 7.82 Å². The Kier molecular flexibility index (Phi) is 7.22. The second kappa shape index (κ2) is 7.25. The quantitative estimate of drug-likeness (QED) is 0.396. The number of rotatable bonds is 8. The van der Waals surface area contributed by atoms with Crippen LogP contribution in [0.4, 0.5) is 9.05 Å². The second-order valence-corrected chi connectivity index (χ2v) is 4.11. The molecule has 14 heavy (non-hydrogen) atoms. The summed E-state index contributed by atoms with van der Waals surface area (Å²) in [5, 5.41) is 0. The van der Waals surface area contributed by atoms with Crippen LogP contribution >= 0.6 is 7.82 Å². The molecule has 8 heteroatoms. The van der Waals surface area contributed by atoms with Crippen molar-refractivity contribution in [2.24, 2.45) is 5.73 Å². The lowest BCUT2D eigenvalue weighted by atomic mass is 10.2. The summed E-state index contributed by atoms with van der Waals surface area (Å²) in [6.45, 7) is 1.98. The molecular weight excluding hydrogens is 219 g/mol. The lowest BCUT2D eigenvalue weighted by Gasteiger charge is -2.14. The SMILES string of the molecule is CCCCCC(N)OP(=O)(OF)OF. The Hall–Kier alpha value is -0.0700. The van der Waals surface area contributed by atoms with E-state index >= 15 is 0 Å². The van der Waals surface area contributed by atoms with Crippen LogP contribution in [-0.2, 0) is 18.5 Å². The summed E-state index contributed by atoms with van der Waals surface area (Å²) in [4.78, 5) is 0. The van der Waals surface area contributed by atoms with E-state index in [1.807, 2.05) is 6.92 Å². The lowest BCUT2D eigenvalue weighted by Crippen LogP contribution is -2.22. The molecule has 0 radical (unpaired) electrons. The Morgan fingerprint density at radius 3 is 2.36 bits per heavy atom. The fourth-order valence-electron chi connectivity index (χ4n) is 0.857. The molecule has 0 saturated carbocycles. The molecule has 0 spiro atoms. The molecular formula is C6H14F2NO4P.